The van der Waals surface area contributed by atoms with Crippen LogP contribution in [-0.2, 0) is 19.4 Å². The van der Waals surface area contributed by atoms with Gasteiger partial charge in [-0.05, 0) is 47.8 Å². The van der Waals surface area contributed by atoms with Crippen LogP contribution < -0.4 is 5.32 Å². The van der Waals surface area contributed by atoms with Gasteiger partial charge in [0.1, 0.15) is 0 Å². The molecule has 1 aliphatic rings. The SMILES string of the molecule is CC(C)(CCCl)CNCc1ccc2c(c1)CCC2. The number of hydrogen-bond acceptors (Lipinski definition) is 1. The minimum atomic E-state index is 0.290. The smallest absolute Gasteiger partial charge is 0.0229 e. The van der Waals surface area contributed by atoms with E-state index >= 15 is 0 Å². The molecule has 18 heavy (non-hydrogen) atoms. The summed E-state index contributed by atoms with van der Waals surface area (Å²) in [5.41, 5.74) is 4.83. The first-order chi connectivity index (χ1) is 8.61. The van der Waals surface area contributed by atoms with Gasteiger partial charge < -0.3 is 5.32 Å². The van der Waals surface area contributed by atoms with Gasteiger partial charge in [-0.3, -0.25) is 0 Å². The number of rotatable bonds is 6. The Morgan fingerprint density at radius 2 is 2.00 bits per heavy atom. The summed E-state index contributed by atoms with van der Waals surface area (Å²) in [4.78, 5) is 0. The first kappa shape index (κ1) is 13.9. The molecule has 1 aromatic rings. The van der Waals surface area contributed by atoms with Crippen molar-refractivity contribution in [3.8, 4) is 0 Å². The van der Waals surface area contributed by atoms with Crippen LogP contribution in [0.3, 0.4) is 0 Å². The van der Waals surface area contributed by atoms with E-state index in [0.717, 1.165) is 25.4 Å². The monoisotopic (exact) mass is 265 g/mol. The zero-order valence-corrected chi connectivity index (χ0v) is 12.3. The molecule has 0 aromatic heterocycles. The first-order valence-corrected chi connectivity index (χ1v) is 7.51. The van der Waals surface area contributed by atoms with E-state index in [-0.39, 0.29) is 0 Å². The van der Waals surface area contributed by atoms with E-state index in [1.54, 1.807) is 11.1 Å². The van der Waals surface area contributed by atoms with Gasteiger partial charge in [-0.1, -0.05) is 32.0 Å². The van der Waals surface area contributed by atoms with Crippen LogP contribution in [0.15, 0.2) is 18.2 Å². The second-order valence-electron chi connectivity index (χ2n) is 6.16. The van der Waals surface area contributed by atoms with Crippen LogP contribution in [0.1, 0.15) is 43.4 Å². The van der Waals surface area contributed by atoms with Gasteiger partial charge in [0.2, 0.25) is 0 Å². The summed E-state index contributed by atoms with van der Waals surface area (Å²) >= 11 is 5.82. The van der Waals surface area contributed by atoms with Crippen molar-refractivity contribution in [3.05, 3.63) is 34.9 Å². The summed E-state index contributed by atoms with van der Waals surface area (Å²) < 4.78 is 0. The van der Waals surface area contributed by atoms with Crippen LogP contribution in [0, 0.1) is 5.41 Å². The van der Waals surface area contributed by atoms with Gasteiger partial charge >= 0.3 is 0 Å². The van der Waals surface area contributed by atoms with E-state index in [4.69, 9.17) is 11.6 Å². The van der Waals surface area contributed by atoms with E-state index < -0.39 is 0 Å². The molecule has 0 atom stereocenters. The van der Waals surface area contributed by atoms with Crippen LogP contribution in [0.5, 0.6) is 0 Å². The van der Waals surface area contributed by atoms with Crippen molar-refractivity contribution in [2.24, 2.45) is 5.41 Å². The molecule has 2 rings (SSSR count). The van der Waals surface area contributed by atoms with Crippen LogP contribution in [0.4, 0.5) is 0 Å². The highest BCUT2D eigenvalue weighted by atomic mass is 35.5. The van der Waals surface area contributed by atoms with Crippen LogP contribution in [-0.4, -0.2) is 12.4 Å². The minimum Gasteiger partial charge on any atom is -0.312 e. The van der Waals surface area contributed by atoms with Crippen molar-refractivity contribution in [2.75, 3.05) is 12.4 Å². The summed E-state index contributed by atoms with van der Waals surface area (Å²) in [6.07, 6.45) is 4.92. The molecule has 1 aromatic carbocycles. The number of aryl methyl sites for hydroxylation is 2. The summed E-state index contributed by atoms with van der Waals surface area (Å²) in [5.74, 6) is 0.744. The Balaban J connectivity index is 1.84. The van der Waals surface area contributed by atoms with E-state index in [2.05, 4.69) is 37.4 Å². The highest BCUT2D eigenvalue weighted by Gasteiger charge is 2.16. The Morgan fingerprint density at radius 1 is 1.22 bits per heavy atom. The van der Waals surface area contributed by atoms with Crippen molar-refractivity contribution in [3.63, 3.8) is 0 Å². The lowest BCUT2D eigenvalue weighted by Crippen LogP contribution is -2.29. The molecule has 1 aliphatic carbocycles. The third kappa shape index (κ3) is 3.73. The molecule has 100 valence electrons. The third-order valence-corrected chi connectivity index (χ3v) is 4.06. The number of halogens is 1. The molecule has 1 N–H and O–H groups in total. The predicted molar refractivity (Wildman–Crippen MR) is 79.3 cm³/mol. The Morgan fingerprint density at radius 3 is 2.78 bits per heavy atom. The molecule has 0 saturated heterocycles. The Kier molecular flexibility index (Phi) is 4.69. The molecule has 0 unspecified atom stereocenters. The van der Waals surface area contributed by atoms with Crippen molar-refractivity contribution in [1.29, 1.82) is 0 Å². The maximum absolute atomic E-state index is 5.82. The Bertz CT molecular complexity index is 398. The molecule has 0 radical (unpaired) electrons. The quantitative estimate of drug-likeness (QED) is 0.769. The van der Waals surface area contributed by atoms with Gasteiger partial charge in [0, 0.05) is 19.0 Å². The summed E-state index contributed by atoms with van der Waals surface area (Å²) in [6, 6.07) is 6.96. The lowest BCUT2D eigenvalue weighted by molar-refractivity contribution is 0.329. The van der Waals surface area contributed by atoms with Gasteiger partial charge in [-0.2, -0.15) is 0 Å². The average Bonchev–Trinajstić information content (AvgIpc) is 2.75. The number of nitrogens with one attached hydrogen (secondary N) is 1. The second-order valence-corrected chi connectivity index (χ2v) is 6.54. The van der Waals surface area contributed by atoms with Crippen molar-refractivity contribution >= 4 is 11.6 Å². The Labute approximate surface area is 116 Å². The standard InChI is InChI=1S/C16H24ClN/c1-16(2,8-9-17)12-18-11-13-6-7-14-4-3-5-15(14)10-13/h6-7,10,18H,3-5,8-9,11-12H2,1-2H3. The average molecular weight is 266 g/mol. The van der Waals surface area contributed by atoms with Crippen LogP contribution in [0.25, 0.3) is 0 Å². The molecule has 1 nitrogen and oxygen atoms in total. The third-order valence-electron chi connectivity index (χ3n) is 3.87. The zero-order valence-electron chi connectivity index (χ0n) is 11.6. The van der Waals surface area contributed by atoms with Gasteiger partial charge in [0.05, 0.1) is 0 Å². The maximum atomic E-state index is 5.82. The normalized spacial score (nSPS) is 14.8. The molecule has 0 aliphatic heterocycles. The fourth-order valence-electron chi connectivity index (χ4n) is 2.62. The van der Waals surface area contributed by atoms with Gasteiger partial charge in [0.15, 0.2) is 0 Å². The van der Waals surface area contributed by atoms with Gasteiger partial charge in [0.25, 0.3) is 0 Å². The molecular formula is C16H24ClN. The molecule has 0 heterocycles. The fourth-order valence-corrected chi connectivity index (χ4v) is 3.14. The van der Waals surface area contributed by atoms with E-state index in [0.29, 0.717) is 5.41 Å². The van der Waals surface area contributed by atoms with Crippen LogP contribution in [0.2, 0.25) is 0 Å². The number of hydrogen-bond donors (Lipinski definition) is 1. The maximum Gasteiger partial charge on any atom is 0.0229 e. The lowest BCUT2D eigenvalue weighted by atomic mass is 9.90. The molecule has 0 fully saturated rings. The second kappa shape index (κ2) is 6.08. The molecule has 0 amide bonds. The first-order valence-electron chi connectivity index (χ1n) is 6.98. The topological polar surface area (TPSA) is 12.0 Å². The van der Waals surface area contributed by atoms with Crippen molar-refractivity contribution in [1.82, 2.24) is 5.32 Å². The van der Waals surface area contributed by atoms with E-state index in [1.807, 2.05) is 0 Å². The molecule has 0 spiro atoms. The van der Waals surface area contributed by atoms with E-state index in [1.165, 1.54) is 24.8 Å². The Hall–Kier alpha value is -0.530. The van der Waals surface area contributed by atoms with Crippen LogP contribution >= 0.6 is 11.6 Å². The molecular weight excluding hydrogens is 242 g/mol. The van der Waals surface area contributed by atoms with Gasteiger partial charge in [-0.15, -0.1) is 11.6 Å². The van der Waals surface area contributed by atoms with E-state index in [9.17, 15) is 0 Å². The molecule has 0 saturated carbocycles. The lowest BCUT2D eigenvalue weighted by Gasteiger charge is -2.24. The predicted octanol–water partition coefficient (Wildman–Crippen LogP) is 3.92. The molecule has 0 bridgehead atoms. The largest absolute Gasteiger partial charge is 0.312 e. The summed E-state index contributed by atoms with van der Waals surface area (Å²) in [7, 11) is 0. The number of benzene rings is 1. The zero-order chi connectivity index (χ0) is 13.0. The van der Waals surface area contributed by atoms with Crippen molar-refractivity contribution < 1.29 is 0 Å². The number of fused-ring (bicyclic) bond motifs is 1. The fraction of sp³-hybridized carbons (Fsp3) is 0.625. The summed E-state index contributed by atoms with van der Waals surface area (Å²) in [5, 5.41) is 3.56. The minimum absolute atomic E-state index is 0.290. The molecule has 2 heteroatoms. The highest BCUT2D eigenvalue weighted by molar-refractivity contribution is 6.17. The summed E-state index contributed by atoms with van der Waals surface area (Å²) in [6.45, 7) is 6.53. The number of alkyl halides is 1. The van der Waals surface area contributed by atoms with Crippen molar-refractivity contribution in [2.45, 2.75) is 46.1 Å². The van der Waals surface area contributed by atoms with Gasteiger partial charge in [-0.25, -0.2) is 0 Å². The highest BCUT2D eigenvalue weighted by Crippen LogP contribution is 2.23.